The van der Waals surface area contributed by atoms with E-state index in [4.69, 9.17) is 4.74 Å². The molecule has 0 spiro atoms. The average molecular weight is 264 g/mol. The molecule has 0 aliphatic rings. The summed E-state index contributed by atoms with van der Waals surface area (Å²) in [5.41, 5.74) is 0. The first-order chi connectivity index (χ1) is 9.90. The Bertz CT molecular complexity index is 715. The van der Waals surface area contributed by atoms with E-state index >= 15 is 0 Å². The molecule has 102 valence electrons. The molecule has 0 saturated heterocycles. The molecule has 0 amide bonds. The Hall–Kier alpha value is -2.02. The Morgan fingerprint density at radius 3 is 2.30 bits per heavy atom. The van der Waals surface area contributed by atoms with Gasteiger partial charge in [0.25, 0.3) is 0 Å². The maximum Gasteiger partial charge on any atom is 0.127 e. The topological polar surface area (TPSA) is 9.23 Å². The normalized spacial score (nSPS) is 11.1. The van der Waals surface area contributed by atoms with E-state index in [1.54, 1.807) is 0 Å². The molecule has 0 N–H and O–H groups in total. The molecule has 0 radical (unpaired) electrons. The lowest BCUT2D eigenvalue weighted by molar-refractivity contribution is 0.310. The molecule has 0 atom stereocenters. The fourth-order valence-electron chi connectivity index (χ4n) is 2.67. The Morgan fingerprint density at radius 1 is 0.800 bits per heavy atom. The number of rotatable bonds is 5. The van der Waals surface area contributed by atoms with E-state index in [1.807, 2.05) is 0 Å². The smallest absolute Gasteiger partial charge is 0.127 e. The van der Waals surface area contributed by atoms with Crippen LogP contribution in [0.15, 0.2) is 54.6 Å². The van der Waals surface area contributed by atoms with E-state index in [1.165, 1.54) is 34.4 Å². The fourth-order valence-corrected chi connectivity index (χ4v) is 2.67. The average Bonchev–Trinajstić information content (AvgIpc) is 2.51. The van der Waals surface area contributed by atoms with Crippen LogP contribution in [0.1, 0.15) is 26.2 Å². The number of hydrogen-bond acceptors (Lipinski definition) is 1. The van der Waals surface area contributed by atoms with Gasteiger partial charge in [0.1, 0.15) is 5.75 Å². The molecule has 0 aromatic heterocycles. The predicted octanol–water partition coefficient (Wildman–Crippen LogP) is 5.56. The summed E-state index contributed by atoms with van der Waals surface area (Å²) in [7, 11) is 0. The molecule has 0 fully saturated rings. The van der Waals surface area contributed by atoms with Gasteiger partial charge in [-0.2, -0.15) is 0 Å². The van der Waals surface area contributed by atoms with Crippen molar-refractivity contribution in [3.8, 4) is 5.75 Å². The summed E-state index contributed by atoms with van der Waals surface area (Å²) in [6, 6.07) is 19.2. The van der Waals surface area contributed by atoms with Gasteiger partial charge < -0.3 is 4.74 Å². The standard InChI is InChI=1S/C19H20O/c1-2-3-8-13-20-19-14-15-9-4-5-10-16(15)17-11-6-7-12-18(17)19/h4-7,9-12,14H,2-3,8,13H2,1H3. The van der Waals surface area contributed by atoms with Gasteiger partial charge >= 0.3 is 0 Å². The van der Waals surface area contributed by atoms with Crippen LogP contribution in [0.25, 0.3) is 21.5 Å². The maximum atomic E-state index is 6.03. The molecular weight excluding hydrogens is 244 g/mol. The second-order valence-corrected chi connectivity index (χ2v) is 5.20. The van der Waals surface area contributed by atoms with Crippen LogP contribution >= 0.6 is 0 Å². The first-order valence-corrected chi connectivity index (χ1v) is 7.43. The van der Waals surface area contributed by atoms with Gasteiger partial charge in [-0.15, -0.1) is 0 Å². The molecule has 0 bridgehead atoms. The zero-order valence-corrected chi connectivity index (χ0v) is 11.9. The summed E-state index contributed by atoms with van der Waals surface area (Å²) in [4.78, 5) is 0. The third-order valence-corrected chi connectivity index (χ3v) is 3.74. The summed E-state index contributed by atoms with van der Waals surface area (Å²) in [6.07, 6.45) is 3.57. The third-order valence-electron chi connectivity index (χ3n) is 3.74. The van der Waals surface area contributed by atoms with Gasteiger partial charge in [-0.05, 0) is 28.6 Å². The van der Waals surface area contributed by atoms with Crippen molar-refractivity contribution in [3.63, 3.8) is 0 Å². The number of hydrogen-bond donors (Lipinski definition) is 0. The highest BCUT2D eigenvalue weighted by molar-refractivity contribution is 6.10. The Labute approximate surface area is 120 Å². The summed E-state index contributed by atoms with van der Waals surface area (Å²) in [5, 5.41) is 5.03. The van der Waals surface area contributed by atoms with Crippen LogP contribution in [0.4, 0.5) is 0 Å². The van der Waals surface area contributed by atoms with Crippen LogP contribution in [-0.2, 0) is 0 Å². The van der Waals surface area contributed by atoms with E-state index in [0.717, 1.165) is 18.8 Å². The quantitative estimate of drug-likeness (QED) is 0.433. The van der Waals surface area contributed by atoms with Gasteiger partial charge in [-0.1, -0.05) is 68.3 Å². The van der Waals surface area contributed by atoms with Crippen molar-refractivity contribution in [2.75, 3.05) is 6.61 Å². The van der Waals surface area contributed by atoms with E-state index in [9.17, 15) is 0 Å². The predicted molar refractivity (Wildman–Crippen MR) is 86.5 cm³/mol. The van der Waals surface area contributed by atoms with Crippen molar-refractivity contribution >= 4 is 21.5 Å². The van der Waals surface area contributed by atoms with Crippen LogP contribution in [-0.4, -0.2) is 6.61 Å². The molecule has 20 heavy (non-hydrogen) atoms. The molecule has 0 aliphatic heterocycles. The number of fused-ring (bicyclic) bond motifs is 3. The van der Waals surface area contributed by atoms with Crippen LogP contribution < -0.4 is 4.74 Å². The zero-order chi connectivity index (χ0) is 13.8. The molecule has 1 nitrogen and oxygen atoms in total. The lowest BCUT2D eigenvalue weighted by atomic mass is 10.0. The van der Waals surface area contributed by atoms with Crippen molar-refractivity contribution in [1.29, 1.82) is 0 Å². The van der Waals surface area contributed by atoms with Gasteiger partial charge in [0.05, 0.1) is 6.61 Å². The van der Waals surface area contributed by atoms with Crippen molar-refractivity contribution < 1.29 is 4.74 Å². The molecule has 0 aliphatic carbocycles. The molecule has 3 rings (SSSR count). The minimum absolute atomic E-state index is 0.802. The monoisotopic (exact) mass is 264 g/mol. The molecule has 1 heteroatoms. The number of benzene rings is 3. The van der Waals surface area contributed by atoms with Crippen LogP contribution in [0, 0.1) is 0 Å². The summed E-state index contributed by atoms with van der Waals surface area (Å²) in [6.45, 7) is 3.02. The minimum Gasteiger partial charge on any atom is -0.493 e. The van der Waals surface area contributed by atoms with E-state index < -0.39 is 0 Å². The second-order valence-electron chi connectivity index (χ2n) is 5.20. The van der Waals surface area contributed by atoms with Gasteiger partial charge in [0, 0.05) is 5.39 Å². The Kier molecular flexibility index (Phi) is 3.87. The number of unbranched alkanes of at least 4 members (excludes halogenated alkanes) is 2. The minimum atomic E-state index is 0.802. The van der Waals surface area contributed by atoms with Crippen LogP contribution in [0.3, 0.4) is 0 Å². The van der Waals surface area contributed by atoms with Gasteiger partial charge in [0.2, 0.25) is 0 Å². The molecule has 3 aromatic rings. The van der Waals surface area contributed by atoms with Crippen molar-refractivity contribution in [1.82, 2.24) is 0 Å². The van der Waals surface area contributed by atoms with E-state index in [-0.39, 0.29) is 0 Å². The van der Waals surface area contributed by atoms with Gasteiger partial charge in [-0.3, -0.25) is 0 Å². The molecule has 0 saturated carbocycles. The lowest BCUT2D eigenvalue weighted by Crippen LogP contribution is -1.97. The Morgan fingerprint density at radius 2 is 1.50 bits per heavy atom. The van der Waals surface area contributed by atoms with E-state index in [2.05, 4.69) is 61.5 Å². The maximum absolute atomic E-state index is 6.03. The molecular formula is C19H20O. The van der Waals surface area contributed by atoms with E-state index in [0.29, 0.717) is 0 Å². The summed E-state index contributed by atoms with van der Waals surface area (Å²) in [5.74, 6) is 1.01. The first kappa shape index (κ1) is 13.0. The molecule has 0 heterocycles. The largest absolute Gasteiger partial charge is 0.493 e. The summed E-state index contributed by atoms with van der Waals surface area (Å²) >= 11 is 0. The molecule has 0 unspecified atom stereocenters. The van der Waals surface area contributed by atoms with Crippen LogP contribution in [0.2, 0.25) is 0 Å². The highest BCUT2D eigenvalue weighted by Gasteiger charge is 2.06. The van der Waals surface area contributed by atoms with Gasteiger partial charge in [0.15, 0.2) is 0 Å². The van der Waals surface area contributed by atoms with Crippen LogP contribution in [0.5, 0.6) is 5.75 Å². The van der Waals surface area contributed by atoms with Gasteiger partial charge in [-0.25, -0.2) is 0 Å². The van der Waals surface area contributed by atoms with Crippen molar-refractivity contribution in [2.45, 2.75) is 26.2 Å². The third kappa shape index (κ3) is 2.49. The highest BCUT2D eigenvalue weighted by atomic mass is 16.5. The van der Waals surface area contributed by atoms with Crippen molar-refractivity contribution in [2.24, 2.45) is 0 Å². The molecule has 3 aromatic carbocycles. The fraction of sp³-hybridized carbons (Fsp3) is 0.263. The Balaban J connectivity index is 2.05. The lowest BCUT2D eigenvalue weighted by Gasteiger charge is -2.12. The number of ether oxygens (including phenoxy) is 1. The van der Waals surface area contributed by atoms with Crippen molar-refractivity contribution in [3.05, 3.63) is 54.6 Å². The first-order valence-electron chi connectivity index (χ1n) is 7.43. The SMILES string of the molecule is CCCCCOc1cc2ccccc2c2ccccc12. The second kappa shape index (κ2) is 5.96. The highest BCUT2D eigenvalue weighted by Crippen LogP contribution is 2.33. The summed E-state index contributed by atoms with van der Waals surface area (Å²) < 4.78 is 6.03. The zero-order valence-electron chi connectivity index (χ0n) is 11.9.